The van der Waals surface area contributed by atoms with Crippen LogP contribution in [0.25, 0.3) is 0 Å². The maximum absolute atomic E-state index is 9.57. The third-order valence-electron chi connectivity index (χ3n) is 4.48. The Hall–Kier alpha value is -0.220. The number of hydrogen-bond acceptors (Lipinski definition) is 3. The molecule has 2 aliphatic rings. The Balaban J connectivity index is 1.60. The van der Waals surface area contributed by atoms with E-state index < -0.39 is 0 Å². The van der Waals surface area contributed by atoms with Crippen LogP contribution in [0.5, 0.6) is 0 Å². The van der Waals surface area contributed by atoms with Crippen LogP contribution in [0.15, 0.2) is 23.1 Å². The number of rotatable bonds is 3. The van der Waals surface area contributed by atoms with Crippen molar-refractivity contribution in [2.45, 2.75) is 49.1 Å². The molecule has 1 atom stereocenters. The fourth-order valence-corrected chi connectivity index (χ4v) is 4.52. The first-order valence-corrected chi connectivity index (χ1v) is 8.92. The fourth-order valence-electron chi connectivity index (χ4n) is 3.24. The van der Waals surface area contributed by atoms with E-state index in [4.69, 9.17) is 11.6 Å². The highest BCUT2D eigenvalue weighted by atomic mass is 35.5. The topological polar surface area (TPSA) is 32.3 Å². The molecule has 0 amide bonds. The molecule has 2 N–H and O–H groups in total. The molecule has 1 unspecified atom stereocenters. The van der Waals surface area contributed by atoms with Gasteiger partial charge in [0.25, 0.3) is 0 Å². The molecule has 2 nitrogen and oxygen atoms in total. The highest BCUT2D eigenvalue weighted by molar-refractivity contribution is 7.99. The highest BCUT2D eigenvalue weighted by Gasteiger charge is 2.23. The smallest absolute Gasteiger partial charge is 0.0540 e. The van der Waals surface area contributed by atoms with Gasteiger partial charge in [-0.15, -0.1) is 11.8 Å². The third-order valence-corrected chi connectivity index (χ3v) is 5.84. The molecular weight excluding hydrogens is 290 g/mol. The van der Waals surface area contributed by atoms with Crippen molar-refractivity contribution in [3.8, 4) is 0 Å². The zero-order chi connectivity index (χ0) is 13.9. The standard InChI is InChI=1S/C16H22ClNOS/c17-12-3-6-16-14(9-12)15(7-8-20-16)18-10-11-1-4-13(19)5-2-11/h3,6,9,11,13,15,18-19H,1-2,4-5,7-8,10H2. The lowest BCUT2D eigenvalue weighted by Gasteiger charge is -2.30. The van der Waals surface area contributed by atoms with Crippen LogP contribution in [0.4, 0.5) is 0 Å². The number of aliphatic hydroxyl groups excluding tert-OH is 1. The molecule has 1 aliphatic carbocycles. The largest absolute Gasteiger partial charge is 0.393 e. The lowest BCUT2D eigenvalue weighted by molar-refractivity contribution is 0.107. The van der Waals surface area contributed by atoms with Gasteiger partial charge in [0.1, 0.15) is 0 Å². The van der Waals surface area contributed by atoms with Gasteiger partial charge in [-0.05, 0) is 74.1 Å². The number of thioether (sulfide) groups is 1. The molecule has 20 heavy (non-hydrogen) atoms. The molecular formula is C16H22ClNOS. The number of halogens is 1. The molecule has 1 aliphatic heterocycles. The van der Waals surface area contributed by atoms with Crippen molar-refractivity contribution >= 4 is 23.4 Å². The van der Waals surface area contributed by atoms with E-state index in [1.807, 2.05) is 17.8 Å². The Kier molecular flexibility index (Phi) is 4.92. The van der Waals surface area contributed by atoms with Crippen LogP contribution >= 0.6 is 23.4 Å². The Morgan fingerprint density at radius 2 is 2.00 bits per heavy atom. The summed E-state index contributed by atoms with van der Waals surface area (Å²) in [5, 5.41) is 14.1. The van der Waals surface area contributed by atoms with Crippen molar-refractivity contribution in [3.05, 3.63) is 28.8 Å². The molecule has 3 rings (SSSR count). The van der Waals surface area contributed by atoms with E-state index in [0.29, 0.717) is 6.04 Å². The van der Waals surface area contributed by atoms with E-state index >= 15 is 0 Å². The van der Waals surface area contributed by atoms with Gasteiger partial charge >= 0.3 is 0 Å². The number of hydrogen-bond donors (Lipinski definition) is 2. The van der Waals surface area contributed by atoms with Crippen LogP contribution in [-0.4, -0.2) is 23.5 Å². The third kappa shape index (κ3) is 3.51. The Labute approximate surface area is 130 Å². The normalized spacial score (nSPS) is 30.0. The predicted octanol–water partition coefficient (Wildman–Crippen LogP) is 4.02. The van der Waals surface area contributed by atoms with E-state index in [9.17, 15) is 5.11 Å². The van der Waals surface area contributed by atoms with Gasteiger partial charge in [0.2, 0.25) is 0 Å². The average molecular weight is 312 g/mol. The van der Waals surface area contributed by atoms with E-state index in [2.05, 4.69) is 17.4 Å². The van der Waals surface area contributed by atoms with Crippen LogP contribution in [0, 0.1) is 5.92 Å². The summed E-state index contributed by atoms with van der Waals surface area (Å²) in [6, 6.07) is 6.69. The monoisotopic (exact) mass is 311 g/mol. The van der Waals surface area contributed by atoms with Crippen molar-refractivity contribution in [1.29, 1.82) is 0 Å². The van der Waals surface area contributed by atoms with Crippen LogP contribution < -0.4 is 5.32 Å². The molecule has 1 fully saturated rings. The van der Waals surface area contributed by atoms with Gasteiger partial charge in [-0.25, -0.2) is 0 Å². The Morgan fingerprint density at radius 3 is 2.80 bits per heavy atom. The lowest BCUT2D eigenvalue weighted by Crippen LogP contribution is -2.32. The quantitative estimate of drug-likeness (QED) is 0.884. The first-order chi connectivity index (χ1) is 9.72. The van der Waals surface area contributed by atoms with Gasteiger partial charge in [0.15, 0.2) is 0 Å². The Bertz CT molecular complexity index is 460. The van der Waals surface area contributed by atoms with Gasteiger partial charge in [-0.1, -0.05) is 11.6 Å². The van der Waals surface area contributed by atoms with Crippen molar-refractivity contribution in [1.82, 2.24) is 5.32 Å². The van der Waals surface area contributed by atoms with Crippen molar-refractivity contribution < 1.29 is 5.11 Å². The SMILES string of the molecule is OC1CCC(CNC2CCSc3ccc(Cl)cc32)CC1. The molecule has 0 radical (unpaired) electrons. The van der Waals surface area contributed by atoms with Crippen molar-refractivity contribution in [2.75, 3.05) is 12.3 Å². The van der Waals surface area contributed by atoms with Gasteiger partial charge < -0.3 is 10.4 Å². The van der Waals surface area contributed by atoms with Crippen LogP contribution in [0.2, 0.25) is 5.02 Å². The summed E-state index contributed by atoms with van der Waals surface area (Å²) in [6.45, 7) is 1.06. The second-order valence-corrected chi connectivity index (χ2v) is 7.53. The molecule has 0 aromatic heterocycles. The Morgan fingerprint density at radius 1 is 1.20 bits per heavy atom. The van der Waals surface area contributed by atoms with Gasteiger partial charge in [0, 0.05) is 16.0 Å². The zero-order valence-electron chi connectivity index (χ0n) is 11.6. The van der Waals surface area contributed by atoms with Gasteiger partial charge in [0.05, 0.1) is 6.10 Å². The highest BCUT2D eigenvalue weighted by Crippen LogP contribution is 2.37. The maximum atomic E-state index is 9.57. The summed E-state index contributed by atoms with van der Waals surface area (Å²) in [5.41, 5.74) is 1.37. The first kappa shape index (κ1) is 14.7. The number of nitrogens with one attached hydrogen (secondary N) is 1. The van der Waals surface area contributed by atoms with E-state index in [1.165, 1.54) is 22.6 Å². The van der Waals surface area contributed by atoms with Crippen LogP contribution in [0.1, 0.15) is 43.7 Å². The minimum absolute atomic E-state index is 0.0585. The maximum Gasteiger partial charge on any atom is 0.0540 e. The van der Waals surface area contributed by atoms with E-state index in [1.54, 1.807) is 0 Å². The number of aliphatic hydroxyl groups is 1. The minimum Gasteiger partial charge on any atom is -0.393 e. The van der Waals surface area contributed by atoms with Crippen LogP contribution in [0.3, 0.4) is 0 Å². The van der Waals surface area contributed by atoms with Crippen molar-refractivity contribution in [2.24, 2.45) is 5.92 Å². The molecule has 1 aromatic carbocycles. The number of fused-ring (bicyclic) bond motifs is 1. The average Bonchev–Trinajstić information content (AvgIpc) is 2.47. The first-order valence-electron chi connectivity index (χ1n) is 7.56. The molecule has 1 saturated carbocycles. The zero-order valence-corrected chi connectivity index (χ0v) is 13.2. The second-order valence-electron chi connectivity index (χ2n) is 5.95. The molecule has 1 heterocycles. The van der Waals surface area contributed by atoms with Gasteiger partial charge in [-0.2, -0.15) is 0 Å². The summed E-state index contributed by atoms with van der Waals surface area (Å²) >= 11 is 8.07. The molecule has 0 bridgehead atoms. The molecule has 0 spiro atoms. The predicted molar refractivity (Wildman–Crippen MR) is 85.5 cm³/mol. The van der Waals surface area contributed by atoms with E-state index in [0.717, 1.165) is 43.2 Å². The summed E-state index contributed by atoms with van der Waals surface area (Å²) < 4.78 is 0. The van der Waals surface area contributed by atoms with Gasteiger partial charge in [-0.3, -0.25) is 0 Å². The molecule has 0 saturated heterocycles. The summed E-state index contributed by atoms with van der Waals surface area (Å²) in [4.78, 5) is 1.37. The fraction of sp³-hybridized carbons (Fsp3) is 0.625. The molecule has 1 aromatic rings. The summed E-state index contributed by atoms with van der Waals surface area (Å²) in [6.07, 6.45) is 5.35. The summed E-state index contributed by atoms with van der Waals surface area (Å²) in [7, 11) is 0. The number of benzene rings is 1. The van der Waals surface area contributed by atoms with Crippen molar-refractivity contribution in [3.63, 3.8) is 0 Å². The minimum atomic E-state index is -0.0585. The molecule has 110 valence electrons. The second kappa shape index (κ2) is 6.69. The lowest BCUT2D eigenvalue weighted by atomic mass is 9.87. The van der Waals surface area contributed by atoms with Crippen LogP contribution in [-0.2, 0) is 0 Å². The molecule has 4 heteroatoms. The summed E-state index contributed by atoms with van der Waals surface area (Å²) in [5.74, 6) is 1.89. The van der Waals surface area contributed by atoms with E-state index in [-0.39, 0.29) is 6.10 Å².